The molecule has 6 N–H and O–H groups in total. The average molecular weight is 555 g/mol. The Hall–Kier alpha value is -5.44. The van der Waals surface area contributed by atoms with Gasteiger partial charge in [-0.2, -0.15) is 0 Å². The summed E-state index contributed by atoms with van der Waals surface area (Å²) in [6, 6.07) is 36.0. The molecule has 4 aromatic carbocycles. The maximum absolute atomic E-state index is 12.1. The number of rotatable bonds is 6. The summed E-state index contributed by atoms with van der Waals surface area (Å²) in [4.78, 5) is 24.2. The fourth-order valence-electron chi connectivity index (χ4n) is 5.27. The molecule has 0 atom stereocenters. The van der Waals surface area contributed by atoms with Gasteiger partial charge in [-0.25, -0.2) is 11.7 Å². The van der Waals surface area contributed by atoms with Gasteiger partial charge in [0.2, 0.25) is 0 Å². The van der Waals surface area contributed by atoms with Crippen molar-refractivity contribution >= 4 is 22.8 Å². The molecular weight excluding hydrogens is 524 g/mol. The van der Waals surface area contributed by atoms with Crippen molar-refractivity contribution in [2.75, 3.05) is 0 Å². The number of carbonyl (C=O) groups is 2. The number of nitrogens with zero attached hydrogens (tertiary/aromatic N) is 2. The molecule has 0 saturated heterocycles. The molecule has 0 spiro atoms. The summed E-state index contributed by atoms with van der Waals surface area (Å²) in [5.41, 5.74) is 15.6. The number of nitrogens with one attached hydrogen (secondary N) is 2. The normalized spacial score (nSPS) is 11.0. The molecule has 2 aromatic heterocycles. The number of nitrogen functional groups attached to an aromatic ring is 2. The van der Waals surface area contributed by atoms with Crippen molar-refractivity contribution in [1.29, 1.82) is 0 Å². The molecule has 2 amide bonds. The predicted molar refractivity (Wildman–Crippen MR) is 166 cm³/mol. The van der Waals surface area contributed by atoms with Crippen molar-refractivity contribution in [1.82, 2.24) is 20.0 Å². The number of fused-ring (bicyclic) bond motifs is 1. The molecule has 8 nitrogen and oxygen atoms in total. The van der Waals surface area contributed by atoms with Crippen molar-refractivity contribution in [2.24, 2.45) is 11.7 Å². The summed E-state index contributed by atoms with van der Waals surface area (Å²) in [5.74, 6) is 10.0. The molecule has 6 aromatic rings. The lowest BCUT2D eigenvalue weighted by Gasteiger charge is -2.13. The molecule has 0 bridgehead atoms. The third-order valence-electron chi connectivity index (χ3n) is 7.51. The van der Waals surface area contributed by atoms with Gasteiger partial charge in [0.25, 0.3) is 11.8 Å². The van der Waals surface area contributed by atoms with Crippen LogP contribution in [0.15, 0.2) is 109 Å². The molecule has 0 aliphatic heterocycles. The lowest BCUT2D eigenvalue weighted by Crippen LogP contribution is -2.29. The molecular formula is C34H30N6O2. The van der Waals surface area contributed by atoms with E-state index in [-0.39, 0.29) is 11.8 Å². The largest absolute Gasteiger partial charge is 0.308 e. The van der Waals surface area contributed by atoms with Crippen LogP contribution in [0.25, 0.3) is 44.9 Å². The molecule has 0 fully saturated rings. The molecule has 0 radical (unpaired) electrons. The first kappa shape index (κ1) is 26.8. The van der Waals surface area contributed by atoms with Gasteiger partial charge in [0.05, 0.1) is 22.4 Å². The molecule has 8 heteroatoms. The van der Waals surface area contributed by atoms with E-state index >= 15 is 0 Å². The van der Waals surface area contributed by atoms with E-state index in [9.17, 15) is 9.59 Å². The third kappa shape index (κ3) is 4.75. The van der Waals surface area contributed by atoms with Crippen molar-refractivity contribution < 1.29 is 9.59 Å². The van der Waals surface area contributed by atoms with Crippen LogP contribution in [0.3, 0.4) is 0 Å². The standard InChI is InChI=1S/C34H30N6O2/c1-21-3-15-27(16-4-21)39-29(23-7-11-25(12-8-23)33(41)37-35)19-32-31(39)20-30(40(32)28-17-5-22(2)6-18-28)24-9-13-26(14-10-24)34(42)38-36/h3-20H,35-36H2,1-2H3,(H,37,41)(H,38,42). The van der Waals surface area contributed by atoms with Crippen LogP contribution in [-0.4, -0.2) is 20.9 Å². The zero-order valence-electron chi connectivity index (χ0n) is 23.3. The second kappa shape index (κ2) is 10.9. The lowest BCUT2D eigenvalue weighted by molar-refractivity contribution is 0.0945. The number of benzene rings is 4. The summed E-state index contributed by atoms with van der Waals surface area (Å²) in [7, 11) is 0. The minimum atomic E-state index is -0.342. The van der Waals surface area contributed by atoms with Crippen LogP contribution >= 0.6 is 0 Å². The molecule has 6 rings (SSSR count). The van der Waals surface area contributed by atoms with E-state index in [0.717, 1.165) is 44.9 Å². The molecule has 0 unspecified atom stereocenters. The van der Waals surface area contributed by atoms with Gasteiger partial charge in [0.1, 0.15) is 0 Å². The van der Waals surface area contributed by atoms with E-state index in [4.69, 9.17) is 11.7 Å². The van der Waals surface area contributed by atoms with Gasteiger partial charge < -0.3 is 9.13 Å². The summed E-state index contributed by atoms with van der Waals surface area (Å²) < 4.78 is 4.47. The monoisotopic (exact) mass is 554 g/mol. The van der Waals surface area contributed by atoms with Crippen molar-refractivity contribution in [3.8, 4) is 33.9 Å². The highest BCUT2D eigenvalue weighted by atomic mass is 16.2. The van der Waals surface area contributed by atoms with Gasteiger partial charge in [-0.15, -0.1) is 0 Å². The maximum Gasteiger partial charge on any atom is 0.265 e. The van der Waals surface area contributed by atoms with Gasteiger partial charge in [-0.1, -0.05) is 59.7 Å². The number of hydrogen-bond acceptors (Lipinski definition) is 4. The highest BCUT2D eigenvalue weighted by molar-refractivity contribution is 5.97. The minimum Gasteiger partial charge on any atom is -0.308 e. The first-order valence-electron chi connectivity index (χ1n) is 13.5. The predicted octanol–water partition coefficient (Wildman–Crippen LogP) is 5.58. The molecule has 0 aliphatic carbocycles. The molecule has 0 aliphatic rings. The van der Waals surface area contributed by atoms with Gasteiger partial charge in [-0.3, -0.25) is 20.4 Å². The summed E-state index contributed by atoms with van der Waals surface area (Å²) in [6.07, 6.45) is 0. The minimum absolute atomic E-state index is 0.342. The zero-order chi connectivity index (χ0) is 29.4. The smallest absolute Gasteiger partial charge is 0.265 e. The second-order valence-electron chi connectivity index (χ2n) is 10.3. The van der Waals surface area contributed by atoms with Gasteiger partial charge in [0, 0.05) is 22.5 Å². The van der Waals surface area contributed by atoms with Gasteiger partial charge in [0.15, 0.2) is 0 Å². The van der Waals surface area contributed by atoms with Crippen molar-refractivity contribution in [3.05, 3.63) is 131 Å². The first-order valence-corrected chi connectivity index (χ1v) is 13.5. The highest BCUT2D eigenvalue weighted by Crippen LogP contribution is 2.38. The Morgan fingerprint density at radius 2 is 0.857 bits per heavy atom. The summed E-state index contributed by atoms with van der Waals surface area (Å²) in [6.45, 7) is 4.13. The summed E-state index contributed by atoms with van der Waals surface area (Å²) in [5, 5.41) is 0. The Balaban J connectivity index is 1.62. The highest BCUT2D eigenvalue weighted by Gasteiger charge is 2.21. The van der Waals surface area contributed by atoms with Gasteiger partial charge >= 0.3 is 0 Å². The zero-order valence-corrected chi connectivity index (χ0v) is 23.3. The van der Waals surface area contributed by atoms with Crippen LogP contribution in [0.2, 0.25) is 0 Å². The van der Waals surface area contributed by atoms with Crippen LogP contribution < -0.4 is 22.5 Å². The topological polar surface area (TPSA) is 120 Å². The number of aromatic nitrogens is 2. The number of hydrogen-bond donors (Lipinski definition) is 4. The van der Waals surface area contributed by atoms with E-state index in [1.807, 2.05) is 24.3 Å². The number of hydrazine groups is 2. The summed E-state index contributed by atoms with van der Waals surface area (Å²) >= 11 is 0. The quantitative estimate of drug-likeness (QED) is 0.122. The fourth-order valence-corrected chi connectivity index (χ4v) is 5.27. The van der Waals surface area contributed by atoms with E-state index in [0.29, 0.717) is 11.1 Å². The van der Waals surface area contributed by atoms with E-state index in [1.54, 1.807) is 24.3 Å². The Bertz CT molecular complexity index is 1770. The molecule has 42 heavy (non-hydrogen) atoms. The number of aryl methyl sites for hydroxylation is 2. The van der Waals surface area contributed by atoms with Crippen LogP contribution in [0.4, 0.5) is 0 Å². The molecule has 0 saturated carbocycles. The van der Waals surface area contributed by atoms with E-state index in [2.05, 4.69) is 94.5 Å². The lowest BCUT2D eigenvalue weighted by atomic mass is 10.1. The van der Waals surface area contributed by atoms with E-state index < -0.39 is 0 Å². The van der Waals surface area contributed by atoms with E-state index in [1.165, 1.54) is 11.1 Å². The van der Waals surface area contributed by atoms with Gasteiger partial charge in [-0.05, 0) is 85.6 Å². The molecule has 208 valence electrons. The van der Waals surface area contributed by atoms with Crippen LogP contribution in [-0.2, 0) is 0 Å². The second-order valence-corrected chi connectivity index (χ2v) is 10.3. The van der Waals surface area contributed by atoms with Crippen LogP contribution in [0, 0.1) is 13.8 Å². The van der Waals surface area contributed by atoms with Crippen LogP contribution in [0.1, 0.15) is 31.8 Å². The Morgan fingerprint density at radius 3 is 1.17 bits per heavy atom. The number of amides is 2. The maximum atomic E-state index is 12.1. The first-order chi connectivity index (χ1) is 20.4. The number of nitrogens with two attached hydrogens (primary N) is 2. The van der Waals surface area contributed by atoms with Crippen LogP contribution in [0.5, 0.6) is 0 Å². The molecule has 2 heterocycles. The Morgan fingerprint density at radius 1 is 0.524 bits per heavy atom. The SMILES string of the molecule is Cc1ccc(-n2c(-c3ccc(C(=O)NN)cc3)cc3c2cc(-c2ccc(C(=O)NN)cc2)n3-c2ccc(C)cc2)cc1. The Kier molecular flexibility index (Phi) is 6.92. The Labute approximate surface area is 243 Å². The van der Waals surface area contributed by atoms with Crippen molar-refractivity contribution in [3.63, 3.8) is 0 Å². The third-order valence-corrected chi connectivity index (χ3v) is 7.51. The number of carbonyl (C=O) groups excluding carboxylic acids is 2. The average Bonchev–Trinajstić information content (AvgIpc) is 3.58. The fraction of sp³-hybridized carbons (Fsp3) is 0.0588. The van der Waals surface area contributed by atoms with Crippen molar-refractivity contribution in [2.45, 2.75) is 13.8 Å².